The normalized spacial score (nSPS) is 25.4. The fourth-order valence-electron chi connectivity index (χ4n) is 3.11. The van der Waals surface area contributed by atoms with Crippen LogP contribution in [0.3, 0.4) is 0 Å². The van der Waals surface area contributed by atoms with Crippen LogP contribution in [-0.4, -0.2) is 12.8 Å². The average Bonchev–Trinajstić information content (AvgIpc) is 2.87. The quantitative estimate of drug-likeness (QED) is 0.888. The molecule has 3 nitrogen and oxygen atoms in total. The van der Waals surface area contributed by atoms with E-state index < -0.39 is 0 Å². The van der Waals surface area contributed by atoms with Crippen LogP contribution >= 0.6 is 11.6 Å². The minimum Gasteiger partial charge on any atom is -0.454 e. The Morgan fingerprint density at radius 1 is 1.21 bits per heavy atom. The summed E-state index contributed by atoms with van der Waals surface area (Å²) in [5.41, 5.74) is 0.969. The first-order valence-corrected chi connectivity index (χ1v) is 7.51. The van der Waals surface area contributed by atoms with Crippen molar-refractivity contribution in [1.82, 2.24) is 0 Å². The van der Waals surface area contributed by atoms with Crippen LogP contribution in [0.25, 0.3) is 0 Å². The van der Waals surface area contributed by atoms with E-state index in [0.717, 1.165) is 23.1 Å². The molecule has 1 aromatic rings. The largest absolute Gasteiger partial charge is 0.454 e. The summed E-state index contributed by atoms with van der Waals surface area (Å²) in [4.78, 5) is 0. The number of hydrogen-bond donors (Lipinski definition) is 1. The van der Waals surface area contributed by atoms with Gasteiger partial charge in [-0.05, 0) is 18.8 Å². The maximum atomic E-state index is 6.32. The van der Waals surface area contributed by atoms with E-state index >= 15 is 0 Å². The Bertz CT molecular complexity index is 464. The molecule has 1 aliphatic carbocycles. The maximum absolute atomic E-state index is 6.32. The van der Waals surface area contributed by atoms with Gasteiger partial charge in [0, 0.05) is 18.2 Å². The van der Waals surface area contributed by atoms with Crippen molar-refractivity contribution in [2.75, 3.05) is 12.1 Å². The average molecular weight is 282 g/mol. The van der Waals surface area contributed by atoms with E-state index in [9.17, 15) is 0 Å². The Kier molecular flexibility index (Phi) is 3.74. The molecule has 1 aliphatic heterocycles. The van der Waals surface area contributed by atoms with Gasteiger partial charge in [0.15, 0.2) is 11.5 Å². The zero-order chi connectivity index (χ0) is 13.2. The van der Waals surface area contributed by atoms with Crippen LogP contribution in [0, 0.1) is 5.92 Å². The van der Waals surface area contributed by atoms with Gasteiger partial charge in [-0.1, -0.05) is 37.8 Å². The molecule has 2 unspecified atom stereocenters. The lowest BCUT2D eigenvalue weighted by Crippen LogP contribution is -2.31. The van der Waals surface area contributed by atoms with Gasteiger partial charge in [-0.15, -0.1) is 0 Å². The number of benzene rings is 1. The second kappa shape index (κ2) is 5.49. The van der Waals surface area contributed by atoms with Gasteiger partial charge in [0.1, 0.15) is 0 Å². The molecule has 1 aromatic carbocycles. The monoisotopic (exact) mass is 281 g/mol. The molecule has 4 heteroatoms. The zero-order valence-corrected chi connectivity index (χ0v) is 12.0. The third kappa shape index (κ3) is 2.62. The molecule has 0 amide bonds. The van der Waals surface area contributed by atoms with E-state index in [0.29, 0.717) is 11.1 Å². The van der Waals surface area contributed by atoms with Gasteiger partial charge in [0.25, 0.3) is 0 Å². The second-order valence-corrected chi connectivity index (χ2v) is 5.80. The predicted octanol–water partition coefficient (Wildman–Crippen LogP) is 4.45. The first-order valence-electron chi connectivity index (χ1n) is 7.13. The predicted molar refractivity (Wildman–Crippen MR) is 77.2 cm³/mol. The van der Waals surface area contributed by atoms with E-state index in [2.05, 4.69) is 12.2 Å². The molecule has 2 atom stereocenters. The summed E-state index contributed by atoms with van der Waals surface area (Å²) in [7, 11) is 0. The molecule has 0 spiro atoms. The number of fused-ring (bicyclic) bond motifs is 1. The van der Waals surface area contributed by atoms with Crippen molar-refractivity contribution in [3.8, 4) is 11.5 Å². The van der Waals surface area contributed by atoms with Crippen LogP contribution in [0.1, 0.15) is 39.0 Å². The summed E-state index contributed by atoms with van der Waals surface area (Å²) in [5, 5.41) is 4.33. The molecule has 0 aromatic heterocycles. The summed E-state index contributed by atoms with van der Waals surface area (Å²) < 4.78 is 10.7. The van der Waals surface area contributed by atoms with E-state index in [-0.39, 0.29) is 6.79 Å². The molecule has 3 rings (SSSR count). The number of nitrogens with one attached hydrogen (secondary N) is 1. The fraction of sp³-hybridized carbons (Fsp3) is 0.600. The van der Waals surface area contributed by atoms with Gasteiger partial charge in [0.2, 0.25) is 6.79 Å². The van der Waals surface area contributed by atoms with E-state index in [1.54, 1.807) is 0 Å². The Morgan fingerprint density at radius 3 is 2.74 bits per heavy atom. The van der Waals surface area contributed by atoms with Crippen LogP contribution in [0.4, 0.5) is 5.69 Å². The topological polar surface area (TPSA) is 30.5 Å². The molecule has 1 fully saturated rings. The van der Waals surface area contributed by atoms with E-state index in [1.165, 1.54) is 32.1 Å². The van der Waals surface area contributed by atoms with Crippen molar-refractivity contribution >= 4 is 17.3 Å². The first-order chi connectivity index (χ1) is 9.28. The SMILES string of the molecule is CCC1CCCCC1Nc1cc2c(cc1Cl)OCO2. The molecule has 1 saturated carbocycles. The fourth-order valence-corrected chi connectivity index (χ4v) is 3.32. The van der Waals surface area contributed by atoms with Crippen LogP contribution in [0.2, 0.25) is 5.02 Å². The Hall–Kier alpha value is -1.09. The molecule has 0 saturated heterocycles. The molecule has 0 radical (unpaired) electrons. The van der Waals surface area contributed by atoms with Crippen molar-refractivity contribution in [3.63, 3.8) is 0 Å². The number of hydrogen-bond acceptors (Lipinski definition) is 3. The summed E-state index contributed by atoms with van der Waals surface area (Å²) in [6, 6.07) is 4.33. The van der Waals surface area contributed by atoms with Gasteiger partial charge in [-0.2, -0.15) is 0 Å². The first kappa shape index (κ1) is 12.9. The van der Waals surface area contributed by atoms with Gasteiger partial charge in [-0.25, -0.2) is 0 Å². The molecule has 0 bridgehead atoms. The summed E-state index contributed by atoms with van der Waals surface area (Å²) in [6.45, 7) is 2.56. The summed E-state index contributed by atoms with van der Waals surface area (Å²) >= 11 is 6.32. The lowest BCUT2D eigenvalue weighted by Gasteiger charge is -2.32. The maximum Gasteiger partial charge on any atom is 0.231 e. The van der Waals surface area contributed by atoms with Crippen LogP contribution in [0.15, 0.2) is 12.1 Å². The van der Waals surface area contributed by atoms with E-state index in [1.807, 2.05) is 12.1 Å². The highest BCUT2D eigenvalue weighted by Gasteiger charge is 2.25. The van der Waals surface area contributed by atoms with E-state index in [4.69, 9.17) is 21.1 Å². The minimum atomic E-state index is 0.288. The second-order valence-electron chi connectivity index (χ2n) is 5.39. The standard InChI is InChI=1S/C15H20ClNO2/c1-2-10-5-3-4-6-12(10)17-13-8-15-14(7-11(13)16)18-9-19-15/h7-8,10,12,17H,2-6,9H2,1H3. The number of rotatable bonds is 3. The molecule has 1 heterocycles. The van der Waals surface area contributed by atoms with Gasteiger partial charge < -0.3 is 14.8 Å². The summed E-state index contributed by atoms with van der Waals surface area (Å²) in [6.07, 6.45) is 6.42. The van der Waals surface area contributed by atoms with Crippen LogP contribution in [-0.2, 0) is 0 Å². The van der Waals surface area contributed by atoms with Gasteiger partial charge in [0.05, 0.1) is 10.7 Å². The zero-order valence-electron chi connectivity index (χ0n) is 11.2. The number of ether oxygens (including phenoxy) is 2. The summed E-state index contributed by atoms with van der Waals surface area (Å²) in [5.74, 6) is 2.28. The highest BCUT2D eigenvalue weighted by Crippen LogP contribution is 2.40. The van der Waals surface area contributed by atoms with Crippen LogP contribution in [0.5, 0.6) is 11.5 Å². The lowest BCUT2D eigenvalue weighted by atomic mass is 9.83. The third-order valence-corrected chi connectivity index (χ3v) is 4.55. The van der Waals surface area contributed by atoms with Crippen molar-refractivity contribution in [1.29, 1.82) is 0 Å². The minimum absolute atomic E-state index is 0.288. The molecule has 104 valence electrons. The Balaban J connectivity index is 1.78. The van der Waals surface area contributed by atoms with Crippen LogP contribution < -0.4 is 14.8 Å². The number of halogens is 1. The molecule has 19 heavy (non-hydrogen) atoms. The van der Waals surface area contributed by atoms with Crippen molar-refractivity contribution in [2.45, 2.75) is 45.1 Å². The third-order valence-electron chi connectivity index (χ3n) is 4.24. The number of anilines is 1. The molecule has 1 N–H and O–H groups in total. The highest BCUT2D eigenvalue weighted by atomic mass is 35.5. The smallest absolute Gasteiger partial charge is 0.231 e. The molecular weight excluding hydrogens is 262 g/mol. The Labute approximate surface area is 119 Å². The Morgan fingerprint density at radius 2 is 1.95 bits per heavy atom. The lowest BCUT2D eigenvalue weighted by molar-refractivity contribution is 0.174. The molecule has 2 aliphatic rings. The van der Waals surface area contributed by atoms with Crippen molar-refractivity contribution < 1.29 is 9.47 Å². The van der Waals surface area contributed by atoms with Gasteiger partial charge in [-0.3, -0.25) is 0 Å². The van der Waals surface area contributed by atoms with Gasteiger partial charge >= 0.3 is 0 Å². The molecular formula is C15H20ClNO2. The van der Waals surface area contributed by atoms with Crippen molar-refractivity contribution in [2.24, 2.45) is 5.92 Å². The highest BCUT2D eigenvalue weighted by molar-refractivity contribution is 6.33. The van der Waals surface area contributed by atoms with Crippen molar-refractivity contribution in [3.05, 3.63) is 17.2 Å².